The summed E-state index contributed by atoms with van der Waals surface area (Å²) in [7, 11) is 0. The highest BCUT2D eigenvalue weighted by molar-refractivity contribution is 6.03. The van der Waals surface area contributed by atoms with Crippen LogP contribution < -0.4 is 14.2 Å². The zero-order chi connectivity index (χ0) is 45.9. The summed E-state index contributed by atoms with van der Waals surface area (Å²) in [6.45, 7) is 6.03. The van der Waals surface area contributed by atoms with Crippen molar-refractivity contribution in [1.82, 2.24) is 4.90 Å². The number of hydrogen-bond donors (Lipinski definition) is 2. The van der Waals surface area contributed by atoms with E-state index < -0.39 is 34.6 Å². The smallest absolute Gasteiger partial charge is 0.416 e. The normalized spacial score (nSPS) is 22.4. The summed E-state index contributed by atoms with van der Waals surface area (Å²) in [5.74, 6) is -1.76. The van der Waals surface area contributed by atoms with Gasteiger partial charge in [0, 0.05) is 55.4 Å². The van der Waals surface area contributed by atoms with E-state index in [1.165, 1.54) is 41.3 Å². The van der Waals surface area contributed by atoms with Gasteiger partial charge in [0.1, 0.15) is 47.8 Å². The van der Waals surface area contributed by atoms with Gasteiger partial charge in [-0.15, -0.1) is 6.58 Å². The Morgan fingerprint density at radius 1 is 0.985 bits per heavy atom. The Morgan fingerprint density at radius 3 is 2.40 bits per heavy atom. The molecule has 1 fully saturated rings. The number of benzene rings is 4. The molecular formula is C50H54FN3O11. The van der Waals surface area contributed by atoms with Crippen molar-refractivity contribution in [2.75, 3.05) is 26.4 Å². The molecule has 4 aromatic carbocycles. The van der Waals surface area contributed by atoms with Gasteiger partial charge in [-0.05, 0) is 110 Å². The number of carbonyl (C=O) groups is 2. The number of halogens is 1. The zero-order valence-corrected chi connectivity index (χ0v) is 36.3. The lowest BCUT2D eigenvalue weighted by atomic mass is 9.55. The zero-order valence-electron chi connectivity index (χ0n) is 36.3. The number of rotatable bonds is 21. The summed E-state index contributed by atoms with van der Waals surface area (Å²) in [5, 5.41) is 36.1. The van der Waals surface area contributed by atoms with Crippen LogP contribution in [0.5, 0.6) is 23.0 Å². The number of nitro benzene ring substituents is 1. The number of carbonyl (C=O) groups excluding carboxylic acids is 2. The Labute approximate surface area is 377 Å². The van der Waals surface area contributed by atoms with E-state index in [1.54, 1.807) is 48.5 Å². The van der Waals surface area contributed by atoms with E-state index in [1.807, 2.05) is 19.1 Å². The van der Waals surface area contributed by atoms with Crippen LogP contribution in [0.1, 0.15) is 79.3 Å². The predicted octanol–water partition coefficient (Wildman–Crippen LogP) is 9.69. The molecule has 2 N–H and O–H groups in total. The third-order valence-corrected chi connectivity index (χ3v) is 12.3. The first kappa shape index (κ1) is 46.6. The second-order valence-corrected chi connectivity index (χ2v) is 16.4. The molecule has 3 aliphatic rings. The first-order valence-electron chi connectivity index (χ1n) is 22.0. The number of hydrogen-bond acceptors (Lipinski definition) is 12. The molecule has 2 aliphatic carbocycles. The summed E-state index contributed by atoms with van der Waals surface area (Å²) in [4.78, 5) is 44.8. The van der Waals surface area contributed by atoms with Gasteiger partial charge in [0.15, 0.2) is 0 Å². The van der Waals surface area contributed by atoms with Gasteiger partial charge in [-0.25, -0.2) is 9.18 Å². The average Bonchev–Trinajstić information content (AvgIpc) is 3.31. The first-order valence-corrected chi connectivity index (χ1v) is 22.0. The molecule has 65 heavy (non-hydrogen) atoms. The number of allylic oxidation sites excluding steroid dienone is 1. The lowest BCUT2D eigenvalue weighted by Gasteiger charge is -2.59. The molecule has 1 aliphatic heterocycles. The second-order valence-electron chi connectivity index (χ2n) is 16.4. The van der Waals surface area contributed by atoms with Gasteiger partial charge in [-0.2, -0.15) is 0 Å². The predicted molar refractivity (Wildman–Crippen MR) is 240 cm³/mol. The number of unbranched alkanes of at least 4 members (excludes halogenated alkanes) is 2. The van der Waals surface area contributed by atoms with Crippen molar-refractivity contribution in [2.45, 2.75) is 76.2 Å². The Hall–Kier alpha value is -6.42. The maximum absolute atomic E-state index is 14.9. The van der Waals surface area contributed by atoms with Crippen molar-refractivity contribution in [1.29, 1.82) is 0 Å². The SMILES string of the molecule is C=CCOC12Oc3ccc(Oc4cccc(C=O)c4)cc3C3C(CCCCO)C(CCCCO)C=C(C(=NOCC)CC1N(Cc1ccc(F)cc1)C(=O)Oc1ccc([N+](=O)[O-])cc1)C32. The van der Waals surface area contributed by atoms with Crippen molar-refractivity contribution in [3.8, 4) is 23.0 Å². The second kappa shape index (κ2) is 21.5. The van der Waals surface area contributed by atoms with Gasteiger partial charge in [-0.1, -0.05) is 54.4 Å². The third kappa shape index (κ3) is 10.4. The molecule has 0 radical (unpaired) electrons. The number of aldehydes is 1. The minimum absolute atomic E-state index is 0.00539. The van der Waals surface area contributed by atoms with Crippen molar-refractivity contribution in [2.24, 2.45) is 22.9 Å². The minimum atomic E-state index is -1.65. The number of fused-ring (bicyclic) bond motifs is 2. The summed E-state index contributed by atoms with van der Waals surface area (Å²) in [5.41, 5.74) is 3.03. The summed E-state index contributed by atoms with van der Waals surface area (Å²) >= 11 is 0. The van der Waals surface area contributed by atoms with E-state index in [0.29, 0.717) is 59.8 Å². The Morgan fingerprint density at radius 2 is 1.71 bits per heavy atom. The van der Waals surface area contributed by atoms with Crippen LogP contribution in [-0.4, -0.2) is 76.4 Å². The first-order chi connectivity index (χ1) is 31.6. The molecule has 0 aromatic heterocycles. The molecule has 0 saturated heterocycles. The fraction of sp³-hybridized carbons (Fsp3) is 0.380. The quantitative estimate of drug-likeness (QED) is 0.0267. The lowest BCUT2D eigenvalue weighted by molar-refractivity contribution is -0.384. The van der Waals surface area contributed by atoms with Crippen LogP contribution in [0, 0.1) is 33.7 Å². The molecule has 0 bridgehead atoms. The van der Waals surface area contributed by atoms with Gasteiger partial charge >= 0.3 is 6.09 Å². The maximum atomic E-state index is 14.9. The van der Waals surface area contributed by atoms with Gasteiger partial charge in [0.25, 0.3) is 5.69 Å². The molecule has 342 valence electrons. The van der Waals surface area contributed by atoms with Gasteiger partial charge in [0.05, 0.1) is 23.2 Å². The number of aliphatic hydroxyl groups is 2. The summed E-state index contributed by atoms with van der Waals surface area (Å²) in [6.07, 6.45) is 7.89. The van der Waals surface area contributed by atoms with Crippen LogP contribution in [-0.2, 0) is 16.1 Å². The van der Waals surface area contributed by atoms with Gasteiger partial charge in [-0.3, -0.25) is 19.8 Å². The average molecular weight is 892 g/mol. The van der Waals surface area contributed by atoms with Gasteiger partial charge in [0.2, 0.25) is 5.79 Å². The van der Waals surface area contributed by atoms with E-state index >= 15 is 0 Å². The van der Waals surface area contributed by atoms with Crippen LogP contribution in [0.4, 0.5) is 14.9 Å². The molecular weight excluding hydrogens is 838 g/mol. The number of non-ortho nitro benzene ring substituents is 1. The Balaban J connectivity index is 1.45. The third-order valence-electron chi connectivity index (χ3n) is 12.3. The standard InChI is InChI=1S/C50H54FN3O11/c1-3-26-61-50-46(53(31-33-14-16-36(51)17-15-33)49(58)64-38-20-18-37(19-21-38)54(59)60)30-44(52-62-4-2)42-28-35(11-5-7-24-55)41(13-6-8-25-56)47(48(42)50)43-29-40(22-23-45(43)65-50)63-39-12-9-10-34(27-39)32-57/h3,9-10,12,14-23,27-29,32,35,41,46-48,55-56H,1,4-8,11,13,24-26,30-31H2,2H3. The fourth-order valence-electron chi connectivity index (χ4n) is 9.53. The number of nitrogens with zero attached hydrogens (tertiary/aromatic N) is 3. The van der Waals surface area contributed by atoms with Crippen LogP contribution in [0.15, 0.2) is 120 Å². The topological polar surface area (TPSA) is 179 Å². The van der Waals surface area contributed by atoms with E-state index in [-0.39, 0.29) is 68.6 Å². The molecule has 6 atom stereocenters. The number of nitro groups is 1. The van der Waals surface area contributed by atoms with Crippen molar-refractivity contribution in [3.63, 3.8) is 0 Å². The monoisotopic (exact) mass is 891 g/mol. The van der Waals surface area contributed by atoms with Crippen LogP contribution >= 0.6 is 0 Å². The Bertz CT molecular complexity index is 2370. The summed E-state index contributed by atoms with van der Waals surface area (Å²) < 4.78 is 41.1. The highest BCUT2D eigenvalue weighted by Gasteiger charge is 2.65. The van der Waals surface area contributed by atoms with Crippen LogP contribution in [0.25, 0.3) is 0 Å². The summed E-state index contributed by atoms with van der Waals surface area (Å²) in [6, 6.07) is 22.3. The molecule has 14 nitrogen and oxygen atoms in total. The number of amides is 1. The molecule has 1 amide bonds. The largest absolute Gasteiger partial charge is 0.459 e. The highest BCUT2D eigenvalue weighted by atomic mass is 19.1. The molecule has 6 unspecified atom stereocenters. The van der Waals surface area contributed by atoms with E-state index in [2.05, 4.69) is 12.7 Å². The number of oxime groups is 1. The molecule has 4 aromatic rings. The number of aliphatic hydroxyl groups excluding tert-OH is 2. The molecule has 0 spiro atoms. The number of ether oxygens (including phenoxy) is 4. The highest BCUT2D eigenvalue weighted by Crippen LogP contribution is 2.62. The minimum Gasteiger partial charge on any atom is -0.459 e. The van der Waals surface area contributed by atoms with Crippen molar-refractivity contribution < 1.29 is 52.9 Å². The molecule has 1 saturated carbocycles. The van der Waals surface area contributed by atoms with Crippen molar-refractivity contribution >= 4 is 23.8 Å². The van der Waals surface area contributed by atoms with E-state index in [4.69, 9.17) is 28.9 Å². The fourth-order valence-corrected chi connectivity index (χ4v) is 9.53. The molecule has 7 rings (SSSR count). The van der Waals surface area contributed by atoms with Crippen LogP contribution in [0.3, 0.4) is 0 Å². The van der Waals surface area contributed by atoms with E-state index in [0.717, 1.165) is 30.3 Å². The van der Waals surface area contributed by atoms with E-state index in [9.17, 15) is 34.3 Å². The maximum Gasteiger partial charge on any atom is 0.416 e. The lowest BCUT2D eigenvalue weighted by Crippen LogP contribution is -2.70. The Kier molecular flexibility index (Phi) is 15.4. The van der Waals surface area contributed by atoms with Crippen LogP contribution in [0.2, 0.25) is 0 Å². The molecule has 1 heterocycles. The van der Waals surface area contributed by atoms with Gasteiger partial charge < -0.3 is 34.0 Å². The molecule has 15 heteroatoms. The van der Waals surface area contributed by atoms with Crippen molar-refractivity contribution in [3.05, 3.63) is 148 Å².